The molecule has 0 bridgehead atoms. The molecule has 0 aromatic carbocycles. The Hall–Kier alpha value is -1.85. The van der Waals surface area contributed by atoms with Gasteiger partial charge in [0.1, 0.15) is 0 Å². The quantitative estimate of drug-likeness (QED) is 0.809. The maximum Gasteiger partial charge on any atom is 0.308 e. The van der Waals surface area contributed by atoms with E-state index in [1.807, 2.05) is 0 Å². The molecule has 0 saturated heterocycles. The van der Waals surface area contributed by atoms with Crippen molar-refractivity contribution >= 4 is 11.9 Å². The van der Waals surface area contributed by atoms with Crippen LogP contribution in [0.4, 0.5) is 5.95 Å². The number of nitrogens with zero attached hydrogens (tertiary/aromatic N) is 2. The highest BCUT2D eigenvalue weighted by Crippen LogP contribution is 2.26. The second kappa shape index (κ2) is 6.36. The first-order valence-electron chi connectivity index (χ1n) is 6.57. The van der Waals surface area contributed by atoms with E-state index in [0.717, 1.165) is 25.7 Å². The van der Waals surface area contributed by atoms with Gasteiger partial charge in [0.2, 0.25) is 11.8 Å². The van der Waals surface area contributed by atoms with Crippen molar-refractivity contribution < 1.29 is 14.6 Å². The third kappa shape index (κ3) is 3.56. The summed E-state index contributed by atoms with van der Waals surface area (Å²) >= 11 is 0. The Bertz CT molecular complexity index is 439. The van der Waals surface area contributed by atoms with E-state index in [-0.39, 0.29) is 12.0 Å². The second-order valence-corrected chi connectivity index (χ2v) is 4.76. The summed E-state index contributed by atoms with van der Waals surface area (Å²) in [5, 5.41) is 12.5. The van der Waals surface area contributed by atoms with E-state index in [4.69, 9.17) is 4.74 Å². The third-order valence-corrected chi connectivity index (χ3v) is 3.49. The van der Waals surface area contributed by atoms with E-state index in [0.29, 0.717) is 18.2 Å². The van der Waals surface area contributed by atoms with Crippen LogP contribution in [0.15, 0.2) is 12.3 Å². The van der Waals surface area contributed by atoms with Crippen molar-refractivity contribution in [3.05, 3.63) is 12.3 Å². The summed E-state index contributed by atoms with van der Waals surface area (Å²) in [5.41, 5.74) is 0. The number of aromatic nitrogens is 2. The van der Waals surface area contributed by atoms with E-state index in [2.05, 4.69) is 15.3 Å². The average molecular weight is 265 g/mol. The molecule has 6 nitrogen and oxygen atoms in total. The molecule has 19 heavy (non-hydrogen) atoms. The number of carboxylic acids is 1. The number of anilines is 1. The number of ether oxygens (including phenoxy) is 1. The van der Waals surface area contributed by atoms with Crippen LogP contribution >= 0.6 is 0 Å². The molecule has 0 aliphatic heterocycles. The second-order valence-electron chi connectivity index (χ2n) is 4.76. The minimum atomic E-state index is -0.748. The number of hydrogen-bond acceptors (Lipinski definition) is 5. The lowest BCUT2D eigenvalue weighted by Gasteiger charge is -2.22. The van der Waals surface area contributed by atoms with Crippen molar-refractivity contribution in [2.45, 2.75) is 38.1 Å². The highest BCUT2D eigenvalue weighted by atomic mass is 16.5. The fourth-order valence-corrected chi connectivity index (χ4v) is 2.47. The molecule has 1 fully saturated rings. The molecule has 2 unspecified atom stereocenters. The van der Waals surface area contributed by atoms with Crippen LogP contribution in [0.3, 0.4) is 0 Å². The van der Waals surface area contributed by atoms with Crippen molar-refractivity contribution in [3.63, 3.8) is 0 Å². The number of hydrogen-bond donors (Lipinski definition) is 2. The molecule has 2 N–H and O–H groups in total. The van der Waals surface area contributed by atoms with Gasteiger partial charge < -0.3 is 15.2 Å². The van der Waals surface area contributed by atoms with Gasteiger partial charge in [0, 0.05) is 18.3 Å². The van der Waals surface area contributed by atoms with Gasteiger partial charge in [-0.05, 0) is 12.8 Å². The molecule has 6 heteroatoms. The van der Waals surface area contributed by atoms with Gasteiger partial charge >= 0.3 is 5.97 Å². The van der Waals surface area contributed by atoms with Crippen molar-refractivity contribution in [3.8, 4) is 5.88 Å². The Morgan fingerprint density at radius 3 is 2.95 bits per heavy atom. The zero-order chi connectivity index (χ0) is 13.7. The first-order valence-corrected chi connectivity index (χ1v) is 6.57. The van der Waals surface area contributed by atoms with Gasteiger partial charge in [-0.3, -0.25) is 4.79 Å². The number of carbonyl (C=O) groups is 1. The lowest BCUT2D eigenvalue weighted by molar-refractivity contribution is -0.142. The molecule has 2 atom stereocenters. The van der Waals surface area contributed by atoms with Crippen LogP contribution < -0.4 is 10.1 Å². The Morgan fingerprint density at radius 2 is 2.21 bits per heavy atom. The van der Waals surface area contributed by atoms with Gasteiger partial charge in [-0.15, -0.1) is 0 Å². The number of methoxy groups -OCH3 is 1. The van der Waals surface area contributed by atoms with E-state index in [1.165, 1.54) is 7.11 Å². The van der Waals surface area contributed by atoms with Crippen LogP contribution in [-0.2, 0) is 4.79 Å². The lowest BCUT2D eigenvalue weighted by Crippen LogP contribution is -2.34. The molecule has 0 spiro atoms. The van der Waals surface area contributed by atoms with Gasteiger partial charge in [-0.2, -0.15) is 4.98 Å². The number of aliphatic carboxylic acids is 1. The molecule has 1 aromatic heterocycles. The predicted octanol–water partition coefficient (Wildman–Crippen LogP) is 1.93. The summed E-state index contributed by atoms with van der Waals surface area (Å²) in [6.07, 6.45) is 6.22. The number of carboxylic acid groups (broad SMARTS) is 1. The van der Waals surface area contributed by atoms with E-state index in [9.17, 15) is 9.90 Å². The molecule has 1 heterocycles. The van der Waals surface area contributed by atoms with Gasteiger partial charge in [0.05, 0.1) is 13.0 Å². The molecule has 0 amide bonds. The summed E-state index contributed by atoms with van der Waals surface area (Å²) in [6, 6.07) is 1.54. The zero-order valence-electron chi connectivity index (χ0n) is 11.0. The van der Waals surface area contributed by atoms with Gasteiger partial charge in [0.25, 0.3) is 0 Å². The molecule has 1 saturated carbocycles. The Balaban J connectivity index is 2.11. The molecule has 0 radical (unpaired) electrons. The first-order chi connectivity index (χ1) is 9.20. The van der Waals surface area contributed by atoms with Gasteiger partial charge in [-0.25, -0.2) is 4.98 Å². The third-order valence-electron chi connectivity index (χ3n) is 3.49. The number of nitrogens with one attached hydrogen (secondary N) is 1. The summed E-state index contributed by atoms with van der Waals surface area (Å²) < 4.78 is 5.04. The van der Waals surface area contributed by atoms with Crippen LogP contribution in [0.1, 0.15) is 32.1 Å². The van der Waals surface area contributed by atoms with Crippen LogP contribution in [0.2, 0.25) is 0 Å². The molecular formula is C13H19N3O3. The van der Waals surface area contributed by atoms with Crippen LogP contribution in [-0.4, -0.2) is 34.2 Å². The lowest BCUT2D eigenvalue weighted by atomic mass is 9.95. The molecular weight excluding hydrogens is 246 g/mol. The fraction of sp³-hybridized carbons (Fsp3) is 0.615. The maximum atomic E-state index is 11.3. The predicted molar refractivity (Wildman–Crippen MR) is 70.2 cm³/mol. The first kappa shape index (κ1) is 13.6. The summed E-state index contributed by atoms with van der Waals surface area (Å²) in [7, 11) is 1.54. The summed E-state index contributed by atoms with van der Waals surface area (Å²) in [4.78, 5) is 19.6. The smallest absolute Gasteiger partial charge is 0.308 e. The van der Waals surface area contributed by atoms with Crippen LogP contribution in [0, 0.1) is 5.92 Å². The monoisotopic (exact) mass is 265 g/mol. The summed E-state index contributed by atoms with van der Waals surface area (Å²) in [6.45, 7) is 0. The van der Waals surface area contributed by atoms with Gasteiger partial charge in [-0.1, -0.05) is 19.3 Å². The Morgan fingerprint density at radius 1 is 1.42 bits per heavy atom. The maximum absolute atomic E-state index is 11.3. The number of rotatable bonds is 4. The Labute approximate surface area is 112 Å². The van der Waals surface area contributed by atoms with Crippen LogP contribution in [0.5, 0.6) is 5.88 Å². The van der Waals surface area contributed by atoms with Gasteiger partial charge in [0.15, 0.2) is 0 Å². The molecule has 104 valence electrons. The summed E-state index contributed by atoms with van der Waals surface area (Å²) in [5.74, 6) is -0.227. The van der Waals surface area contributed by atoms with E-state index >= 15 is 0 Å². The molecule has 1 aliphatic rings. The van der Waals surface area contributed by atoms with Crippen molar-refractivity contribution in [2.24, 2.45) is 5.92 Å². The molecule has 1 aromatic rings. The normalized spacial score (nSPS) is 23.4. The van der Waals surface area contributed by atoms with Crippen molar-refractivity contribution in [1.29, 1.82) is 0 Å². The average Bonchev–Trinajstić information content (AvgIpc) is 2.64. The Kier molecular flexibility index (Phi) is 4.54. The van der Waals surface area contributed by atoms with Crippen molar-refractivity contribution in [2.75, 3.05) is 12.4 Å². The zero-order valence-corrected chi connectivity index (χ0v) is 11.0. The standard InChI is InChI=1S/C13H19N3O3/c1-19-11-7-8-14-13(16-11)15-10-6-4-2-3-5-9(10)12(17)18/h7-10H,2-6H2,1H3,(H,17,18)(H,14,15,16). The van der Waals surface area contributed by atoms with E-state index in [1.54, 1.807) is 12.3 Å². The largest absolute Gasteiger partial charge is 0.481 e. The minimum absolute atomic E-state index is 0.118. The molecule has 1 aliphatic carbocycles. The van der Waals surface area contributed by atoms with Crippen LogP contribution in [0.25, 0.3) is 0 Å². The molecule has 2 rings (SSSR count). The fourth-order valence-electron chi connectivity index (χ4n) is 2.47. The van der Waals surface area contributed by atoms with E-state index < -0.39 is 5.97 Å². The topological polar surface area (TPSA) is 84.3 Å². The highest BCUT2D eigenvalue weighted by Gasteiger charge is 2.29. The minimum Gasteiger partial charge on any atom is -0.481 e. The van der Waals surface area contributed by atoms with Crippen molar-refractivity contribution in [1.82, 2.24) is 9.97 Å². The SMILES string of the molecule is COc1ccnc(NC2CCCCCC2C(=O)O)n1. The highest BCUT2D eigenvalue weighted by molar-refractivity contribution is 5.71.